The van der Waals surface area contributed by atoms with Gasteiger partial charge in [-0.05, 0) is 54.6 Å². The van der Waals surface area contributed by atoms with Crippen molar-refractivity contribution < 1.29 is 23.9 Å². The maximum Gasteiger partial charge on any atom is 0.293 e. The van der Waals surface area contributed by atoms with Crippen LogP contribution in [-0.4, -0.2) is 41.6 Å². The molecule has 31 heavy (non-hydrogen) atoms. The summed E-state index contributed by atoms with van der Waals surface area (Å²) in [7, 11) is 0. The van der Waals surface area contributed by atoms with E-state index in [-0.39, 0.29) is 17.2 Å². The van der Waals surface area contributed by atoms with E-state index in [1.165, 1.54) is 0 Å². The number of Topliss-reactive ketones (excluding diaryl/α,β-unsaturated/α-hetero) is 1. The molecule has 1 heterocycles. The van der Waals surface area contributed by atoms with Crippen LogP contribution in [0.15, 0.2) is 64.5 Å². The van der Waals surface area contributed by atoms with Crippen molar-refractivity contribution in [3.8, 4) is 11.5 Å². The maximum atomic E-state index is 12.7. The van der Waals surface area contributed by atoms with E-state index in [2.05, 4.69) is 22.5 Å². The van der Waals surface area contributed by atoms with Crippen LogP contribution in [-0.2, 0) is 4.79 Å². The Balaban J connectivity index is 1.77. The summed E-state index contributed by atoms with van der Waals surface area (Å²) in [6, 6.07) is 12.0. The number of thioether (sulfide) groups is 1. The first-order chi connectivity index (χ1) is 14.9. The monoisotopic (exact) mass is 501 g/mol. The Hall–Kier alpha value is -2.84. The van der Waals surface area contributed by atoms with Crippen LogP contribution in [0.5, 0.6) is 11.5 Å². The fraction of sp³-hybridized carbons (Fsp3) is 0.174. The number of ether oxygens (including phenoxy) is 2. The van der Waals surface area contributed by atoms with Crippen molar-refractivity contribution in [3.05, 3.63) is 75.6 Å². The number of hydrogen-bond acceptors (Lipinski definition) is 6. The van der Waals surface area contributed by atoms with Crippen LogP contribution in [0.2, 0.25) is 0 Å². The second-order valence-corrected chi connectivity index (χ2v) is 8.35. The lowest BCUT2D eigenvalue weighted by Gasteiger charge is -2.12. The van der Waals surface area contributed by atoms with E-state index in [1.54, 1.807) is 54.6 Å². The molecule has 1 aliphatic heterocycles. The first kappa shape index (κ1) is 22.8. The number of carbonyl (C=O) groups is 3. The summed E-state index contributed by atoms with van der Waals surface area (Å²) in [5.74, 6) is 0.290. The van der Waals surface area contributed by atoms with Crippen molar-refractivity contribution >= 4 is 50.7 Å². The van der Waals surface area contributed by atoms with Gasteiger partial charge in [0.2, 0.25) is 0 Å². The van der Waals surface area contributed by atoms with Gasteiger partial charge in [-0.3, -0.25) is 19.3 Å². The molecular weight excluding hydrogens is 482 g/mol. The average molecular weight is 502 g/mol. The molecule has 8 heteroatoms. The normalized spacial score (nSPS) is 14.8. The van der Waals surface area contributed by atoms with Gasteiger partial charge in [0.05, 0.1) is 18.1 Å². The Kier molecular flexibility index (Phi) is 7.70. The lowest BCUT2D eigenvalue weighted by molar-refractivity contribution is -0.122. The van der Waals surface area contributed by atoms with Crippen molar-refractivity contribution in [2.24, 2.45) is 0 Å². The van der Waals surface area contributed by atoms with E-state index in [0.717, 1.165) is 21.1 Å². The minimum atomic E-state index is -0.495. The summed E-state index contributed by atoms with van der Waals surface area (Å²) in [6.45, 7) is 5.97. The molecule has 0 N–H and O–H groups in total. The quantitative estimate of drug-likeness (QED) is 0.262. The van der Waals surface area contributed by atoms with Gasteiger partial charge in [0.1, 0.15) is 6.61 Å². The summed E-state index contributed by atoms with van der Waals surface area (Å²) in [5, 5.41) is -0.474. The third-order valence-corrected chi connectivity index (χ3v) is 5.70. The van der Waals surface area contributed by atoms with Gasteiger partial charge in [0.25, 0.3) is 11.1 Å². The molecule has 3 rings (SSSR count). The number of amides is 2. The van der Waals surface area contributed by atoms with Crippen LogP contribution in [0.25, 0.3) is 6.08 Å². The molecule has 160 valence electrons. The number of carbonyl (C=O) groups excluding carboxylic acids is 3. The van der Waals surface area contributed by atoms with Crippen molar-refractivity contribution in [3.63, 3.8) is 0 Å². The smallest absolute Gasteiger partial charge is 0.293 e. The third kappa shape index (κ3) is 5.65. The molecule has 0 radical (unpaired) electrons. The minimum Gasteiger partial charge on any atom is -0.490 e. The lowest BCUT2D eigenvalue weighted by atomic mass is 10.1. The Morgan fingerprint density at radius 3 is 2.55 bits per heavy atom. The van der Waals surface area contributed by atoms with Crippen LogP contribution in [0, 0.1) is 0 Å². The predicted molar refractivity (Wildman–Crippen MR) is 124 cm³/mol. The van der Waals surface area contributed by atoms with E-state index in [1.807, 2.05) is 6.92 Å². The van der Waals surface area contributed by atoms with Crippen LogP contribution in [0.4, 0.5) is 4.79 Å². The number of benzene rings is 2. The number of rotatable bonds is 9. The van der Waals surface area contributed by atoms with Crippen molar-refractivity contribution in [2.75, 3.05) is 19.8 Å². The van der Waals surface area contributed by atoms with Crippen molar-refractivity contribution in [2.45, 2.75) is 6.92 Å². The van der Waals surface area contributed by atoms with Crippen molar-refractivity contribution in [1.82, 2.24) is 4.90 Å². The van der Waals surface area contributed by atoms with Crippen molar-refractivity contribution in [1.29, 1.82) is 0 Å². The average Bonchev–Trinajstić information content (AvgIpc) is 3.01. The molecule has 0 spiro atoms. The molecule has 1 saturated heterocycles. The van der Waals surface area contributed by atoms with Crippen LogP contribution in [0.3, 0.4) is 0 Å². The first-order valence-corrected chi connectivity index (χ1v) is 11.1. The SMILES string of the molecule is C=CCOc1ccc(/C=C2/SC(=O)N(CC(=O)c3ccc(Br)cc3)C2=O)cc1OCC. The van der Waals surface area contributed by atoms with E-state index in [4.69, 9.17) is 9.47 Å². The molecule has 1 aliphatic rings. The highest BCUT2D eigenvalue weighted by Crippen LogP contribution is 2.34. The van der Waals surface area contributed by atoms with E-state index >= 15 is 0 Å². The molecule has 0 bridgehead atoms. The van der Waals surface area contributed by atoms with Crippen LogP contribution < -0.4 is 9.47 Å². The number of imide groups is 1. The Bertz CT molecular complexity index is 1050. The fourth-order valence-corrected chi connectivity index (χ4v) is 3.91. The van der Waals surface area contributed by atoms with Gasteiger partial charge < -0.3 is 9.47 Å². The number of halogens is 1. The zero-order chi connectivity index (χ0) is 22.4. The summed E-state index contributed by atoms with van der Waals surface area (Å²) in [4.78, 5) is 38.8. The Morgan fingerprint density at radius 2 is 1.87 bits per heavy atom. The maximum absolute atomic E-state index is 12.7. The largest absolute Gasteiger partial charge is 0.490 e. The van der Waals surface area contributed by atoms with Crippen LogP contribution in [0.1, 0.15) is 22.8 Å². The van der Waals surface area contributed by atoms with Gasteiger partial charge in [0.15, 0.2) is 17.3 Å². The molecule has 2 aromatic carbocycles. The molecule has 0 atom stereocenters. The van der Waals surface area contributed by atoms with Gasteiger partial charge >= 0.3 is 0 Å². The van der Waals surface area contributed by atoms with E-state index in [9.17, 15) is 14.4 Å². The molecule has 0 aromatic heterocycles. The molecule has 0 saturated carbocycles. The van der Waals surface area contributed by atoms with Crippen LogP contribution >= 0.6 is 27.7 Å². The third-order valence-electron chi connectivity index (χ3n) is 4.26. The van der Waals surface area contributed by atoms with Gasteiger partial charge in [0, 0.05) is 10.0 Å². The molecule has 0 aliphatic carbocycles. The molecule has 6 nitrogen and oxygen atoms in total. The first-order valence-electron chi connectivity index (χ1n) is 9.47. The highest BCUT2D eigenvalue weighted by molar-refractivity contribution is 9.10. The number of hydrogen-bond donors (Lipinski definition) is 0. The fourth-order valence-electron chi connectivity index (χ4n) is 2.81. The Labute approximate surface area is 193 Å². The number of ketones is 1. The highest BCUT2D eigenvalue weighted by atomic mass is 79.9. The molecular formula is C23H20BrNO5S. The lowest BCUT2D eigenvalue weighted by Crippen LogP contribution is -2.33. The second-order valence-electron chi connectivity index (χ2n) is 6.44. The number of nitrogens with zero attached hydrogens (tertiary/aromatic N) is 1. The van der Waals surface area contributed by atoms with E-state index < -0.39 is 11.1 Å². The molecule has 2 aromatic rings. The second kappa shape index (κ2) is 10.5. The van der Waals surface area contributed by atoms with Gasteiger partial charge in [-0.1, -0.05) is 46.8 Å². The molecule has 2 amide bonds. The van der Waals surface area contributed by atoms with Gasteiger partial charge in [-0.15, -0.1) is 0 Å². The standard InChI is InChI=1S/C23H20BrNO5S/c1-3-11-30-19-10-5-15(12-20(19)29-4-2)13-21-22(27)25(23(28)31-21)14-18(26)16-6-8-17(24)9-7-16/h3,5-10,12-13H,1,4,11,14H2,2H3/b21-13+. The summed E-state index contributed by atoms with van der Waals surface area (Å²) >= 11 is 4.12. The summed E-state index contributed by atoms with van der Waals surface area (Å²) in [6.07, 6.45) is 3.24. The van der Waals surface area contributed by atoms with E-state index in [0.29, 0.717) is 35.8 Å². The molecule has 0 unspecified atom stereocenters. The zero-order valence-electron chi connectivity index (χ0n) is 16.8. The molecule has 1 fully saturated rings. The summed E-state index contributed by atoms with van der Waals surface area (Å²) in [5.41, 5.74) is 1.11. The van der Waals surface area contributed by atoms with Gasteiger partial charge in [-0.25, -0.2) is 0 Å². The van der Waals surface area contributed by atoms with Gasteiger partial charge in [-0.2, -0.15) is 0 Å². The highest BCUT2D eigenvalue weighted by Gasteiger charge is 2.36. The zero-order valence-corrected chi connectivity index (χ0v) is 19.2. The minimum absolute atomic E-state index is 0.246. The Morgan fingerprint density at radius 1 is 1.13 bits per heavy atom. The summed E-state index contributed by atoms with van der Waals surface area (Å²) < 4.78 is 12.0. The predicted octanol–water partition coefficient (Wildman–Crippen LogP) is 5.33. The topological polar surface area (TPSA) is 72.9 Å².